The van der Waals surface area contributed by atoms with Crippen LogP contribution >= 0.6 is 11.3 Å². The number of piperidine rings is 1. The highest BCUT2D eigenvalue weighted by Gasteiger charge is 2.27. The first-order chi connectivity index (χ1) is 10.6. The van der Waals surface area contributed by atoms with Crippen molar-refractivity contribution in [2.75, 3.05) is 26.7 Å². The Morgan fingerprint density at radius 3 is 2.77 bits per heavy atom. The van der Waals surface area contributed by atoms with Gasteiger partial charge in [-0.1, -0.05) is 13.8 Å². The predicted octanol–water partition coefficient (Wildman–Crippen LogP) is 3.43. The molecule has 0 N–H and O–H groups in total. The van der Waals surface area contributed by atoms with Crippen molar-refractivity contribution < 1.29 is 4.79 Å². The SMILES string of the molecule is CCN1CCC(N(C)C(=O)c2cc3c(s2)CCC(C)C3)CC1. The Morgan fingerprint density at radius 1 is 1.36 bits per heavy atom. The highest BCUT2D eigenvalue weighted by atomic mass is 32.1. The van der Waals surface area contributed by atoms with Gasteiger partial charge in [0.2, 0.25) is 0 Å². The molecule has 122 valence electrons. The monoisotopic (exact) mass is 320 g/mol. The quantitative estimate of drug-likeness (QED) is 0.852. The highest BCUT2D eigenvalue weighted by Crippen LogP contribution is 2.33. The van der Waals surface area contributed by atoms with E-state index in [1.54, 1.807) is 11.3 Å². The summed E-state index contributed by atoms with van der Waals surface area (Å²) in [6.07, 6.45) is 5.80. The van der Waals surface area contributed by atoms with Crippen LogP contribution in [0.15, 0.2) is 6.07 Å². The molecule has 0 aromatic carbocycles. The third kappa shape index (κ3) is 3.23. The average Bonchev–Trinajstić information content (AvgIpc) is 2.96. The van der Waals surface area contributed by atoms with Crippen molar-refractivity contribution >= 4 is 17.2 Å². The first kappa shape index (κ1) is 16.0. The third-order valence-electron chi connectivity index (χ3n) is 5.41. The van der Waals surface area contributed by atoms with Crippen LogP contribution in [0, 0.1) is 5.92 Å². The number of carbonyl (C=O) groups excluding carboxylic acids is 1. The molecule has 4 heteroatoms. The number of rotatable bonds is 3. The lowest BCUT2D eigenvalue weighted by Gasteiger charge is -2.36. The van der Waals surface area contributed by atoms with E-state index in [1.807, 2.05) is 11.9 Å². The van der Waals surface area contributed by atoms with Crippen LogP contribution < -0.4 is 0 Å². The normalized spacial score (nSPS) is 23.3. The first-order valence-electron chi connectivity index (χ1n) is 8.69. The lowest BCUT2D eigenvalue weighted by atomic mass is 9.90. The van der Waals surface area contributed by atoms with Crippen molar-refractivity contribution in [2.45, 2.75) is 52.0 Å². The van der Waals surface area contributed by atoms with Gasteiger partial charge in [0, 0.05) is 31.1 Å². The zero-order valence-corrected chi connectivity index (χ0v) is 14.9. The Kier molecular flexibility index (Phi) is 4.88. The molecular formula is C18H28N2OS. The number of likely N-dealkylation sites (tertiary alicyclic amines) is 1. The van der Waals surface area contributed by atoms with Gasteiger partial charge in [0.1, 0.15) is 0 Å². The maximum atomic E-state index is 12.8. The van der Waals surface area contributed by atoms with Crippen LogP contribution in [0.5, 0.6) is 0 Å². The van der Waals surface area contributed by atoms with Crippen LogP contribution in [0.2, 0.25) is 0 Å². The lowest BCUT2D eigenvalue weighted by Crippen LogP contribution is -2.45. The molecule has 1 amide bonds. The van der Waals surface area contributed by atoms with Crippen molar-refractivity contribution in [3.8, 4) is 0 Å². The molecule has 1 fully saturated rings. The predicted molar refractivity (Wildman–Crippen MR) is 92.7 cm³/mol. The fourth-order valence-electron chi connectivity index (χ4n) is 3.77. The second-order valence-corrected chi connectivity index (χ2v) is 8.13. The summed E-state index contributed by atoms with van der Waals surface area (Å²) >= 11 is 1.74. The van der Waals surface area contributed by atoms with Gasteiger partial charge in [-0.15, -0.1) is 11.3 Å². The van der Waals surface area contributed by atoms with Crippen molar-refractivity contribution in [1.82, 2.24) is 9.80 Å². The molecule has 22 heavy (non-hydrogen) atoms. The molecule has 1 aliphatic heterocycles. The van der Waals surface area contributed by atoms with Gasteiger partial charge in [0.15, 0.2) is 0 Å². The summed E-state index contributed by atoms with van der Waals surface area (Å²) in [5.41, 5.74) is 1.43. The molecule has 2 aliphatic rings. The molecular weight excluding hydrogens is 292 g/mol. The summed E-state index contributed by atoms with van der Waals surface area (Å²) in [7, 11) is 2.00. The molecule has 3 rings (SSSR count). The highest BCUT2D eigenvalue weighted by molar-refractivity contribution is 7.14. The summed E-state index contributed by atoms with van der Waals surface area (Å²) in [5, 5.41) is 0. The van der Waals surface area contributed by atoms with Gasteiger partial charge in [-0.25, -0.2) is 0 Å². The first-order valence-corrected chi connectivity index (χ1v) is 9.51. The topological polar surface area (TPSA) is 23.6 Å². The molecule has 1 aromatic heterocycles. The minimum absolute atomic E-state index is 0.238. The number of hydrogen-bond acceptors (Lipinski definition) is 3. The van der Waals surface area contributed by atoms with Crippen LogP contribution in [0.4, 0.5) is 0 Å². The van der Waals surface area contributed by atoms with E-state index in [0.29, 0.717) is 6.04 Å². The molecule has 0 radical (unpaired) electrons. The van der Waals surface area contributed by atoms with Crippen LogP contribution in [0.25, 0.3) is 0 Å². The van der Waals surface area contributed by atoms with Gasteiger partial charge < -0.3 is 9.80 Å². The summed E-state index contributed by atoms with van der Waals surface area (Å²) < 4.78 is 0. The van der Waals surface area contributed by atoms with Crippen LogP contribution in [-0.4, -0.2) is 48.4 Å². The molecule has 0 saturated carbocycles. The Hall–Kier alpha value is -0.870. The molecule has 0 bridgehead atoms. The van der Waals surface area contributed by atoms with Gasteiger partial charge in [-0.2, -0.15) is 0 Å². The maximum Gasteiger partial charge on any atom is 0.263 e. The van der Waals surface area contributed by atoms with Crippen molar-refractivity contribution in [3.05, 3.63) is 21.4 Å². The number of aryl methyl sites for hydroxylation is 1. The second kappa shape index (κ2) is 6.71. The number of nitrogens with zero attached hydrogens (tertiary/aromatic N) is 2. The van der Waals surface area contributed by atoms with E-state index >= 15 is 0 Å². The Labute approximate surface area is 138 Å². The molecule has 3 nitrogen and oxygen atoms in total. The van der Waals surface area contributed by atoms with Crippen molar-refractivity contribution in [1.29, 1.82) is 0 Å². The molecule has 1 saturated heterocycles. The molecule has 1 aromatic rings. The van der Waals surface area contributed by atoms with E-state index in [1.165, 1.54) is 16.9 Å². The minimum Gasteiger partial charge on any atom is -0.338 e. The summed E-state index contributed by atoms with van der Waals surface area (Å²) in [5.74, 6) is 1.00. The molecule has 1 aliphatic carbocycles. The fourth-order valence-corrected chi connectivity index (χ4v) is 4.96. The minimum atomic E-state index is 0.238. The van der Waals surface area contributed by atoms with Gasteiger partial charge in [0.25, 0.3) is 5.91 Å². The molecule has 1 unspecified atom stereocenters. The largest absolute Gasteiger partial charge is 0.338 e. The van der Waals surface area contributed by atoms with Gasteiger partial charge in [-0.3, -0.25) is 4.79 Å². The molecule has 0 spiro atoms. The summed E-state index contributed by atoms with van der Waals surface area (Å²) in [6, 6.07) is 2.59. The Bertz CT molecular complexity index is 531. The smallest absolute Gasteiger partial charge is 0.263 e. The van der Waals surface area contributed by atoms with Gasteiger partial charge in [0.05, 0.1) is 4.88 Å². The van der Waals surface area contributed by atoms with Crippen LogP contribution in [0.1, 0.15) is 53.2 Å². The van der Waals surface area contributed by atoms with E-state index in [2.05, 4.69) is 24.8 Å². The van der Waals surface area contributed by atoms with E-state index in [9.17, 15) is 4.79 Å². The van der Waals surface area contributed by atoms with E-state index < -0.39 is 0 Å². The van der Waals surface area contributed by atoms with Crippen LogP contribution in [0.3, 0.4) is 0 Å². The number of hydrogen-bond donors (Lipinski definition) is 0. The fraction of sp³-hybridized carbons (Fsp3) is 0.722. The number of amides is 1. The zero-order chi connectivity index (χ0) is 15.7. The third-order valence-corrected chi connectivity index (χ3v) is 6.64. The summed E-state index contributed by atoms with van der Waals surface area (Å²) in [6.45, 7) is 7.90. The van der Waals surface area contributed by atoms with Gasteiger partial charge >= 0.3 is 0 Å². The second-order valence-electron chi connectivity index (χ2n) is 6.99. The van der Waals surface area contributed by atoms with E-state index in [0.717, 1.165) is 56.1 Å². The van der Waals surface area contributed by atoms with E-state index in [4.69, 9.17) is 0 Å². The number of thiophene rings is 1. The lowest BCUT2D eigenvalue weighted by molar-refractivity contribution is 0.0651. The van der Waals surface area contributed by atoms with Gasteiger partial charge in [-0.05, 0) is 56.2 Å². The Morgan fingerprint density at radius 2 is 2.09 bits per heavy atom. The molecule has 1 atom stereocenters. The standard InChI is InChI=1S/C18H28N2OS/c1-4-20-9-7-15(8-10-20)19(3)18(21)17-12-14-11-13(2)5-6-16(14)22-17/h12-13,15H,4-11H2,1-3H3. The van der Waals surface area contributed by atoms with Crippen molar-refractivity contribution in [2.24, 2.45) is 5.92 Å². The number of fused-ring (bicyclic) bond motifs is 1. The van der Waals surface area contributed by atoms with E-state index in [-0.39, 0.29) is 5.91 Å². The summed E-state index contributed by atoms with van der Waals surface area (Å²) in [4.78, 5) is 19.7. The average molecular weight is 321 g/mol. The van der Waals surface area contributed by atoms with Crippen molar-refractivity contribution in [3.63, 3.8) is 0 Å². The maximum absolute atomic E-state index is 12.8. The Balaban J connectivity index is 1.66. The molecule has 2 heterocycles. The van der Waals surface area contributed by atoms with Crippen LogP contribution in [-0.2, 0) is 12.8 Å². The number of carbonyl (C=O) groups is 1. The zero-order valence-electron chi connectivity index (χ0n) is 14.1.